The van der Waals surface area contributed by atoms with Crippen LogP contribution in [0.5, 0.6) is 0 Å². The number of rotatable bonds is 4. The Hall–Kier alpha value is -2.14. The molecular formula is C16H17N3OS. The van der Waals surface area contributed by atoms with Crippen LogP contribution in [0.1, 0.15) is 10.7 Å². The van der Waals surface area contributed by atoms with Crippen molar-refractivity contribution in [2.75, 3.05) is 11.9 Å². The lowest BCUT2D eigenvalue weighted by Gasteiger charge is -2.11. The topological polar surface area (TPSA) is 46.9 Å². The molecule has 0 aliphatic carbocycles. The molecule has 0 bridgehead atoms. The zero-order valence-corrected chi connectivity index (χ0v) is 12.9. The van der Waals surface area contributed by atoms with Crippen LogP contribution < -0.4 is 10.9 Å². The van der Waals surface area contributed by atoms with Crippen LogP contribution in [-0.4, -0.2) is 16.1 Å². The van der Waals surface area contributed by atoms with Gasteiger partial charge in [0, 0.05) is 42.5 Å². The van der Waals surface area contributed by atoms with Crippen molar-refractivity contribution in [2.24, 2.45) is 7.05 Å². The summed E-state index contributed by atoms with van der Waals surface area (Å²) in [7, 11) is 1.80. The van der Waals surface area contributed by atoms with Gasteiger partial charge in [0.25, 0.3) is 5.56 Å². The number of nitrogens with zero attached hydrogens (tertiary/aromatic N) is 2. The van der Waals surface area contributed by atoms with E-state index in [1.54, 1.807) is 29.0 Å². The van der Waals surface area contributed by atoms with Gasteiger partial charge in [0.15, 0.2) is 0 Å². The van der Waals surface area contributed by atoms with Crippen LogP contribution in [-0.2, 0) is 13.5 Å². The molecule has 0 amide bonds. The van der Waals surface area contributed by atoms with Crippen molar-refractivity contribution in [3.8, 4) is 0 Å². The number of fused-ring (bicyclic) bond motifs is 1. The summed E-state index contributed by atoms with van der Waals surface area (Å²) in [4.78, 5) is 16.5. The molecular weight excluding hydrogens is 282 g/mol. The molecule has 1 aromatic carbocycles. The first kappa shape index (κ1) is 13.8. The summed E-state index contributed by atoms with van der Waals surface area (Å²) in [5, 5.41) is 7.60. The summed E-state index contributed by atoms with van der Waals surface area (Å²) < 4.78 is 1.67. The molecule has 0 aliphatic rings. The maximum atomic E-state index is 12.0. The van der Waals surface area contributed by atoms with E-state index in [0.29, 0.717) is 0 Å². The van der Waals surface area contributed by atoms with Gasteiger partial charge in [-0.1, -0.05) is 18.2 Å². The van der Waals surface area contributed by atoms with E-state index in [2.05, 4.69) is 15.7 Å². The van der Waals surface area contributed by atoms with Crippen LogP contribution in [0.15, 0.2) is 40.5 Å². The fourth-order valence-corrected chi connectivity index (χ4v) is 3.05. The lowest BCUT2D eigenvalue weighted by atomic mass is 10.1. The van der Waals surface area contributed by atoms with E-state index in [0.717, 1.165) is 40.3 Å². The van der Waals surface area contributed by atoms with Crippen LogP contribution in [0.2, 0.25) is 0 Å². The van der Waals surface area contributed by atoms with Gasteiger partial charge in [-0.25, -0.2) is 4.98 Å². The first-order valence-electron chi connectivity index (χ1n) is 6.89. The second-order valence-electron chi connectivity index (χ2n) is 5.01. The minimum Gasteiger partial charge on any atom is -0.384 e. The first-order chi connectivity index (χ1) is 10.1. The lowest BCUT2D eigenvalue weighted by Crippen LogP contribution is -2.18. The van der Waals surface area contributed by atoms with Gasteiger partial charge in [0.1, 0.15) is 0 Å². The molecule has 0 saturated heterocycles. The van der Waals surface area contributed by atoms with Gasteiger partial charge in [-0.05, 0) is 13.0 Å². The SMILES string of the molecule is Cc1nc(CCNc2cc(=O)n(C)c3ccccc23)cs1. The van der Waals surface area contributed by atoms with E-state index in [9.17, 15) is 4.79 Å². The number of nitrogens with one attached hydrogen (secondary N) is 1. The van der Waals surface area contributed by atoms with Crippen LogP contribution in [0.4, 0.5) is 5.69 Å². The lowest BCUT2D eigenvalue weighted by molar-refractivity contribution is 0.903. The molecule has 5 heteroatoms. The Labute approximate surface area is 127 Å². The second-order valence-corrected chi connectivity index (χ2v) is 6.07. The highest BCUT2D eigenvalue weighted by Crippen LogP contribution is 2.20. The Kier molecular flexibility index (Phi) is 3.75. The van der Waals surface area contributed by atoms with Crippen molar-refractivity contribution in [1.29, 1.82) is 0 Å². The number of hydrogen-bond acceptors (Lipinski definition) is 4. The molecule has 1 N–H and O–H groups in total. The molecule has 0 unspecified atom stereocenters. The third-order valence-corrected chi connectivity index (χ3v) is 4.34. The molecule has 21 heavy (non-hydrogen) atoms. The van der Waals surface area contributed by atoms with Gasteiger partial charge >= 0.3 is 0 Å². The normalized spacial score (nSPS) is 11.0. The molecule has 108 valence electrons. The number of para-hydroxylation sites is 1. The minimum atomic E-state index is 0.000651. The molecule has 3 aromatic rings. The molecule has 0 spiro atoms. The Balaban J connectivity index is 1.84. The van der Waals surface area contributed by atoms with E-state index < -0.39 is 0 Å². The van der Waals surface area contributed by atoms with Crippen molar-refractivity contribution in [3.05, 3.63) is 56.8 Å². The van der Waals surface area contributed by atoms with E-state index in [1.807, 2.05) is 31.2 Å². The predicted molar refractivity (Wildman–Crippen MR) is 88.2 cm³/mol. The van der Waals surface area contributed by atoms with E-state index in [1.165, 1.54) is 0 Å². The number of aromatic nitrogens is 2. The fraction of sp³-hybridized carbons (Fsp3) is 0.250. The van der Waals surface area contributed by atoms with Crippen molar-refractivity contribution in [1.82, 2.24) is 9.55 Å². The summed E-state index contributed by atoms with van der Waals surface area (Å²) >= 11 is 1.67. The number of thiazole rings is 1. The quantitative estimate of drug-likeness (QED) is 0.805. The Morgan fingerprint density at radius 3 is 2.90 bits per heavy atom. The predicted octanol–water partition coefficient (Wildman–Crippen LogP) is 2.96. The zero-order chi connectivity index (χ0) is 14.8. The molecule has 2 aromatic heterocycles. The molecule has 0 radical (unpaired) electrons. The van der Waals surface area contributed by atoms with E-state index in [-0.39, 0.29) is 5.56 Å². The molecule has 0 fully saturated rings. The van der Waals surface area contributed by atoms with Gasteiger partial charge in [0.05, 0.1) is 16.2 Å². The number of pyridine rings is 1. The summed E-state index contributed by atoms with van der Waals surface area (Å²) in [5.74, 6) is 0. The largest absolute Gasteiger partial charge is 0.384 e. The summed E-state index contributed by atoms with van der Waals surface area (Å²) in [6, 6.07) is 9.59. The fourth-order valence-electron chi connectivity index (χ4n) is 2.41. The van der Waals surface area contributed by atoms with Gasteiger partial charge in [-0.3, -0.25) is 4.79 Å². The molecule has 0 aliphatic heterocycles. The van der Waals surface area contributed by atoms with Crippen molar-refractivity contribution < 1.29 is 0 Å². The van der Waals surface area contributed by atoms with Gasteiger partial charge in [0.2, 0.25) is 0 Å². The number of aryl methyl sites for hydroxylation is 2. The van der Waals surface area contributed by atoms with Crippen molar-refractivity contribution in [2.45, 2.75) is 13.3 Å². The first-order valence-corrected chi connectivity index (χ1v) is 7.77. The highest BCUT2D eigenvalue weighted by molar-refractivity contribution is 7.09. The molecule has 3 rings (SSSR count). The Morgan fingerprint density at radius 1 is 1.33 bits per heavy atom. The van der Waals surface area contributed by atoms with Gasteiger partial charge < -0.3 is 9.88 Å². The molecule has 0 saturated carbocycles. The molecule has 0 atom stereocenters. The highest BCUT2D eigenvalue weighted by atomic mass is 32.1. The average molecular weight is 299 g/mol. The van der Waals surface area contributed by atoms with E-state index >= 15 is 0 Å². The van der Waals surface area contributed by atoms with Crippen LogP contribution in [0.3, 0.4) is 0 Å². The smallest absolute Gasteiger partial charge is 0.252 e. The number of anilines is 1. The highest BCUT2D eigenvalue weighted by Gasteiger charge is 2.06. The van der Waals surface area contributed by atoms with Gasteiger partial charge in [-0.2, -0.15) is 0 Å². The third-order valence-electron chi connectivity index (χ3n) is 3.52. The second kappa shape index (κ2) is 5.69. The Bertz CT molecular complexity index is 835. The number of hydrogen-bond donors (Lipinski definition) is 1. The van der Waals surface area contributed by atoms with E-state index in [4.69, 9.17) is 0 Å². The van der Waals surface area contributed by atoms with Crippen molar-refractivity contribution in [3.63, 3.8) is 0 Å². The number of benzene rings is 1. The van der Waals surface area contributed by atoms with Crippen LogP contribution in [0.25, 0.3) is 10.9 Å². The summed E-state index contributed by atoms with van der Waals surface area (Å²) in [5.41, 5.74) is 2.93. The summed E-state index contributed by atoms with van der Waals surface area (Å²) in [6.07, 6.45) is 0.855. The Morgan fingerprint density at radius 2 is 2.14 bits per heavy atom. The minimum absolute atomic E-state index is 0.000651. The maximum Gasteiger partial charge on any atom is 0.252 e. The van der Waals surface area contributed by atoms with Gasteiger partial charge in [-0.15, -0.1) is 11.3 Å². The van der Waals surface area contributed by atoms with Crippen LogP contribution >= 0.6 is 11.3 Å². The zero-order valence-electron chi connectivity index (χ0n) is 12.1. The standard InChI is InChI=1S/C16H17N3OS/c1-11-18-12(10-21-11)7-8-17-14-9-16(20)19(2)15-6-4-3-5-13(14)15/h3-6,9-10,17H,7-8H2,1-2H3. The maximum absolute atomic E-state index is 12.0. The average Bonchev–Trinajstić information content (AvgIpc) is 2.90. The third kappa shape index (κ3) is 2.83. The molecule has 2 heterocycles. The van der Waals surface area contributed by atoms with Crippen molar-refractivity contribution >= 4 is 27.9 Å². The summed E-state index contributed by atoms with van der Waals surface area (Å²) in [6.45, 7) is 2.77. The monoisotopic (exact) mass is 299 g/mol. The van der Waals surface area contributed by atoms with Crippen LogP contribution in [0, 0.1) is 6.92 Å². The molecule has 4 nitrogen and oxygen atoms in total.